The fourth-order valence-electron chi connectivity index (χ4n) is 4.86. The van der Waals surface area contributed by atoms with Gasteiger partial charge < -0.3 is 19.5 Å². The number of hydrogen-bond acceptors (Lipinski definition) is 7. The fraction of sp³-hybridized carbons (Fsp3) is 0.240. The van der Waals surface area contributed by atoms with Crippen molar-refractivity contribution >= 4 is 57.4 Å². The maximum absolute atomic E-state index is 14.1. The first-order valence-electron chi connectivity index (χ1n) is 11.8. The highest BCUT2D eigenvalue weighted by atomic mass is 35.5. The van der Waals surface area contributed by atoms with Gasteiger partial charge in [-0.1, -0.05) is 23.2 Å². The molecule has 1 aliphatic heterocycles. The summed E-state index contributed by atoms with van der Waals surface area (Å²) >= 11 is 12.9. The molecule has 0 unspecified atom stereocenters. The Bertz CT molecular complexity index is 1870. The summed E-state index contributed by atoms with van der Waals surface area (Å²) in [6, 6.07) is 2.36. The number of carbonyl (C=O) groups excluding carboxylic acids is 1. The van der Waals surface area contributed by atoms with Gasteiger partial charge in [0.25, 0.3) is 5.91 Å². The minimum absolute atomic E-state index is 0.0306. The van der Waals surface area contributed by atoms with Gasteiger partial charge in [-0.2, -0.15) is 23.3 Å². The number of anilines is 2. The van der Waals surface area contributed by atoms with Crippen molar-refractivity contribution in [1.82, 2.24) is 34.0 Å². The molecule has 0 saturated heterocycles. The predicted octanol–water partition coefficient (Wildman–Crippen LogP) is 6.19. The molecule has 0 spiro atoms. The highest BCUT2D eigenvalue weighted by Crippen LogP contribution is 2.47. The Morgan fingerprint density at radius 1 is 1.05 bits per heavy atom. The molecule has 0 atom stereocenters. The second-order valence-electron chi connectivity index (χ2n) is 9.72. The average molecular weight is 591 g/mol. The van der Waals surface area contributed by atoms with E-state index in [1.54, 1.807) is 27.1 Å². The van der Waals surface area contributed by atoms with E-state index in [2.05, 4.69) is 25.4 Å². The van der Waals surface area contributed by atoms with Crippen LogP contribution in [0.5, 0.6) is 11.5 Å². The molecule has 1 aromatic carbocycles. The molecule has 0 aliphatic carbocycles. The Hall–Kier alpha value is -4.10. The van der Waals surface area contributed by atoms with Gasteiger partial charge in [0.2, 0.25) is 5.95 Å². The van der Waals surface area contributed by atoms with E-state index in [9.17, 15) is 18.0 Å². The summed E-state index contributed by atoms with van der Waals surface area (Å²) in [6.45, 7) is 3.16. The van der Waals surface area contributed by atoms with E-state index < -0.39 is 23.2 Å². The molecule has 40 heavy (non-hydrogen) atoms. The maximum Gasteiger partial charge on any atom is 0.416 e. The monoisotopic (exact) mass is 590 g/mol. The summed E-state index contributed by atoms with van der Waals surface area (Å²) in [5.74, 6) is 0.105. The highest BCUT2D eigenvalue weighted by molar-refractivity contribution is 6.36. The van der Waals surface area contributed by atoms with Crippen LogP contribution in [0.25, 0.3) is 16.7 Å². The normalized spacial score (nSPS) is 14.8. The molecule has 1 aliphatic rings. The summed E-state index contributed by atoms with van der Waals surface area (Å²) in [4.78, 5) is 26.9. The molecule has 0 bridgehead atoms. The molecule has 0 radical (unpaired) electrons. The maximum atomic E-state index is 14.1. The van der Waals surface area contributed by atoms with E-state index in [-0.39, 0.29) is 50.1 Å². The van der Waals surface area contributed by atoms with Crippen molar-refractivity contribution in [2.45, 2.75) is 25.6 Å². The minimum Gasteiger partial charge on any atom is -0.450 e. The van der Waals surface area contributed by atoms with Crippen molar-refractivity contribution in [3.63, 3.8) is 0 Å². The fourth-order valence-corrected chi connectivity index (χ4v) is 5.40. The van der Waals surface area contributed by atoms with Crippen molar-refractivity contribution in [2.75, 3.05) is 12.4 Å². The van der Waals surface area contributed by atoms with Gasteiger partial charge in [0, 0.05) is 43.3 Å². The van der Waals surface area contributed by atoms with Crippen LogP contribution in [0.15, 0.2) is 36.9 Å². The van der Waals surface area contributed by atoms with E-state index in [0.29, 0.717) is 11.0 Å². The number of rotatable bonds is 4. The molecule has 1 amide bonds. The summed E-state index contributed by atoms with van der Waals surface area (Å²) in [7, 11) is 3.09. The molecule has 1 N–H and O–H groups in total. The average Bonchev–Trinajstić information content (AvgIpc) is 3.49. The molecule has 4 aromatic heterocycles. The summed E-state index contributed by atoms with van der Waals surface area (Å²) in [5.41, 5.74) is -1.11. The number of benzene rings is 1. The number of ether oxygens (including phenoxy) is 1. The molecule has 0 fully saturated rings. The van der Waals surface area contributed by atoms with Crippen LogP contribution >= 0.6 is 23.2 Å². The Balaban J connectivity index is 1.40. The van der Waals surface area contributed by atoms with Gasteiger partial charge in [-0.25, -0.2) is 14.5 Å². The third kappa shape index (κ3) is 3.83. The number of aryl methyl sites for hydroxylation is 1. The number of halogens is 5. The Labute approximate surface area is 234 Å². The zero-order valence-corrected chi connectivity index (χ0v) is 22.8. The van der Waals surface area contributed by atoms with E-state index >= 15 is 0 Å². The number of imidazole rings is 1. The van der Waals surface area contributed by atoms with Gasteiger partial charge in [0.15, 0.2) is 22.3 Å². The minimum atomic E-state index is -4.69. The molecular weight excluding hydrogens is 572 g/mol. The van der Waals surface area contributed by atoms with Crippen molar-refractivity contribution in [2.24, 2.45) is 7.05 Å². The van der Waals surface area contributed by atoms with Crippen LogP contribution in [0.2, 0.25) is 10.2 Å². The number of aromatic nitrogens is 6. The molecule has 10 nitrogen and oxygen atoms in total. The first-order chi connectivity index (χ1) is 18.8. The Morgan fingerprint density at radius 3 is 2.52 bits per heavy atom. The molecule has 5 aromatic rings. The van der Waals surface area contributed by atoms with Crippen molar-refractivity contribution in [3.8, 4) is 11.5 Å². The number of alkyl halides is 3. The predicted molar refractivity (Wildman–Crippen MR) is 141 cm³/mol. The van der Waals surface area contributed by atoms with Crippen LogP contribution < -0.4 is 10.1 Å². The van der Waals surface area contributed by atoms with Crippen LogP contribution in [0.3, 0.4) is 0 Å². The summed E-state index contributed by atoms with van der Waals surface area (Å²) in [6.07, 6.45) is 1.22. The van der Waals surface area contributed by atoms with Crippen molar-refractivity contribution < 1.29 is 22.7 Å². The van der Waals surface area contributed by atoms with Crippen LogP contribution in [0.4, 0.5) is 24.8 Å². The second-order valence-corrected chi connectivity index (χ2v) is 10.5. The third-order valence-electron chi connectivity index (χ3n) is 7.06. The molecular formula is C25H19Cl2F3N8O2. The highest BCUT2D eigenvalue weighted by Gasteiger charge is 2.48. The van der Waals surface area contributed by atoms with Crippen LogP contribution in [0, 0.1) is 0 Å². The molecule has 6 rings (SSSR count). The Morgan fingerprint density at radius 2 is 1.80 bits per heavy atom. The lowest BCUT2D eigenvalue weighted by molar-refractivity contribution is -0.139. The molecule has 15 heteroatoms. The smallest absolute Gasteiger partial charge is 0.416 e. The molecule has 5 heterocycles. The zero-order valence-electron chi connectivity index (χ0n) is 21.3. The quantitative estimate of drug-likeness (QED) is 0.266. The number of hydrogen-bond donors (Lipinski definition) is 1. The molecule has 0 saturated carbocycles. The molecule has 206 valence electrons. The van der Waals surface area contributed by atoms with Crippen molar-refractivity contribution in [3.05, 3.63) is 63.8 Å². The van der Waals surface area contributed by atoms with Gasteiger partial charge in [0.05, 0.1) is 23.5 Å². The lowest BCUT2D eigenvalue weighted by Crippen LogP contribution is -2.36. The van der Waals surface area contributed by atoms with Crippen LogP contribution in [-0.2, 0) is 18.8 Å². The van der Waals surface area contributed by atoms with Gasteiger partial charge in [-0.3, -0.25) is 4.79 Å². The lowest BCUT2D eigenvalue weighted by atomic mass is 9.88. The first kappa shape index (κ1) is 26.1. The first-order valence-corrected chi connectivity index (χ1v) is 12.5. The zero-order chi connectivity index (χ0) is 28.7. The van der Waals surface area contributed by atoms with Crippen LogP contribution in [-0.4, -0.2) is 47.0 Å². The number of nitrogens with one attached hydrogen (secondary N) is 1. The second kappa shape index (κ2) is 8.70. The van der Waals surface area contributed by atoms with Crippen molar-refractivity contribution in [1.29, 1.82) is 0 Å². The number of fused-ring (bicyclic) bond motifs is 3. The SMILES string of the molecule is CN1C(=O)c2cc(Nc3nc4ncc(Oc5cnn6ccnc(Cl)c56)c(Cl)c4n3C)cc(C(F)(F)F)c2C1(C)C. The summed E-state index contributed by atoms with van der Waals surface area (Å²) in [5, 5.41) is 7.39. The third-order valence-corrected chi connectivity index (χ3v) is 7.71. The number of nitrogens with zero attached hydrogens (tertiary/aromatic N) is 7. The van der Waals surface area contributed by atoms with E-state index in [0.717, 1.165) is 6.07 Å². The van der Waals surface area contributed by atoms with E-state index in [1.807, 2.05) is 0 Å². The van der Waals surface area contributed by atoms with Gasteiger partial charge >= 0.3 is 6.18 Å². The summed E-state index contributed by atoms with van der Waals surface area (Å²) < 4.78 is 51.4. The van der Waals surface area contributed by atoms with Gasteiger partial charge in [-0.05, 0) is 26.0 Å². The standard InChI is InChI=1S/C25H19Cl2F3N8O2/c1-24(2)16-12(22(39)37(24)4)7-11(8-13(16)25(28,29)30)34-23-35-21-19(36(23)3)17(26)14(9-32-21)40-15-10-33-38-6-5-31-20(27)18(15)38/h5-10H,1-4H3,(H,32,34,35). The number of pyridine rings is 1. The van der Waals surface area contributed by atoms with Gasteiger partial charge in [-0.15, -0.1) is 0 Å². The number of carbonyl (C=O) groups is 1. The van der Waals surface area contributed by atoms with E-state index in [4.69, 9.17) is 27.9 Å². The topological polar surface area (TPSA) is 102 Å². The lowest BCUT2D eigenvalue weighted by Gasteiger charge is -2.30. The van der Waals surface area contributed by atoms with Crippen LogP contribution in [0.1, 0.15) is 35.3 Å². The largest absolute Gasteiger partial charge is 0.450 e. The van der Waals surface area contributed by atoms with E-state index in [1.165, 1.54) is 45.7 Å². The van der Waals surface area contributed by atoms with Gasteiger partial charge in [0.1, 0.15) is 16.1 Å². The number of amides is 1. The Kier molecular flexibility index (Phi) is 5.68.